The highest BCUT2D eigenvalue weighted by molar-refractivity contribution is 6.16. The number of alkyl halides is 4. The molecule has 0 amide bonds. The number of aromatic nitrogens is 1. The summed E-state index contributed by atoms with van der Waals surface area (Å²) < 4.78 is 58.3. The second-order valence-corrected chi connectivity index (χ2v) is 3.80. The van der Waals surface area contributed by atoms with Gasteiger partial charge in [0.25, 0.3) is 0 Å². The van der Waals surface area contributed by atoms with Crippen molar-refractivity contribution in [2.75, 3.05) is 6.61 Å². The van der Waals surface area contributed by atoms with Gasteiger partial charge in [0.2, 0.25) is 0 Å². The lowest BCUT2D eigenvalue weighted by Crippen LogP contribution is -2.19. The molecule has 0 atom stereocenters. The van der Waals surface area contributed by atoms with E-state index in [9.17, 15) is 22.4 Å². The maximum Gasteiger partial charge on any atom is 0.573 e. The van der Waals surface area contributed by atoms with Gasteiger partial charge in [0.05, 0.1) is 30.3 Å². The van der Waals surface area contributed by atoms with Crippen LogP contribution in [-0.2, 0) is 21.8 Å². The molecule has 4 nitrogen and oxygen atoms in total. The summed E-state index contributed by atoms with van der Waals surface area (Å²) in [5.74, 6) is -3.53. The van der Waals surface area contributed by atoms with Crippen LogP contribution in [0.2, 0.25) is 0 Å². The van der Waals surface area contributed by atoms with Gasteiger partial charge in [-0.05, 0) is 6.92 Å². The van der Waals surface area contributed by atoms with Crippen LogP contribution in [0.3, 0.4) is 0 Å². The van der Waals surface area contributed by atoms with Gasteiger partial charge in [-0.25, -0.2) is 4.39 Å². The van der Waals surface area contributed by atoms with Crippen molar-refractivity contribution in [2.24, 2.45) is 0 Å². The molecule has 0 saturated heterocycles. The Hall–Kier alpha value is -1.57. The first-order chi connectivity index (χ1) is 9.26. The molecule has 0 aromatic carbocycles. The summed E-state index contributed by atoms with van der Waals surface area (Å²) in [5, 5.41) is 0. The maximum absolute atomic E-state index is 13.8. The normalized spacial score (nSPS) is 11.3. The number of rotatable bonds is 5. The summed E-state index contributed by atoms with van der Waals surface area (Å²) in [4.78, 5) is 14.9. The van der Waals surface area contributed by atoms with Gasteiger partial charge in [0.1, 0.15) is 0 Å². The number of hydrogen-bond donors (Lipinski definition) is 0. The SMILES string of the molecule is CCOC(=O)Cc1nc(CCl)cc(OC(F)(F)F)c1F. The van der Waals surface area contributed by atoms with E-state index < -0.39 is 36.0 Å². The van der Waals surface area contributed by atoms with E-state index in [1.807, 2.05) is 0 Å². The van der Waals surface area contributed by atoms with Crippen molar-refractivity contribution in [1.29, 1.82) is 0 Å². The number of carbonyl (C=O) groups is 1. The molecule has 112 valence electrons. The number of esters is 1. The quantitative estimate of drug-likeness (QED) is 0.476. The molecule has 0 unspecified atom stereocenters. The number of ether oxygens (including phenoxy) is 2. The Bertz CT molecular complexity index is 493. The molecule has 0 bridgehead atoms. The van der Waals surface area contributed by atoms with Crippen molar-refractivity contribution in [3.05, 3.63) is 23.3 Å². The topological polar surface area (TPSA) is 48.4 Å². The first kappa shape index (κ1) is 16.5. The monoisotopic (exact) mass is 315 g/mol. The molecule has 0 radical (unpaired) electrons. The van der Waals surface area contributed by atoms with E-state index in [4.69, 9.17) is 11.6 Å². The van der Waals surface area contributed by atoms with Gasteiger partial charge in [0.15, 0.2) is 11.6 Å². The smallest absolute Gasteiger partial charge is 0.466 e. The van der Waals surface area contributed by atoms with Crippen LogP contribution < -0.4 is 4.74 Å². The average molecular weight is 316 g/mol. The predicted molar refractivity (Wildman–Crippen MR) is 60.8 cm³/mol. The molecule has 0 saturated carbocycles. The molecule has 0 aliphatic heterocycles. The third-order valence-corrected chi connectivity index (χ3v) is 2.30. The van der Waals surface area contributed by atoms with Gasteiger partial charge >= 0.3 is 12.3 Å². The highest BCUT2D eigenvalue weighted by Crippen LogP contribution is 2.28. The van der Waals surface area contributed by atoms with Crippen molar-refractivity contribution in [2.45, 2.75) is 25.6 Å². The first-order valence-corrected chi connectivity index (χ1v) is 5.96. The maximum atomic E-state index is 13.8. The number of nitrogens with zero attached hydrogens (tertiary/aromatic N) is 1. The average Bonchev–Trinajstić information content (AvgIpc) is 2.32. The molecule has 9 heteroatoms. The van der Waals surface area contributed by atoms with Crippen LogP contribution in [0.25, 0.3) is 0 Å². The second kappa shape index (κ2) is 6.74. The number of pyridine rings is 1. The van der Waals surface area contributed by atoms with Crippen molar-refractivity contribution >= 4 is 17.6 Å². The van der Waals surface area contributed by atoms with Crippen LogP contribution in [0.1, 0.15) is 18.3 Å². The summed E-state index contributed by atoms with van der Waals surface area (Å²) in [7, 11) is 0. The van der Waals surface area contributed by atoms with Crippen LogP contribution in [0.5, 0.6) is 5.75 Å². The fourth-order valence-electron chi connectivity index (χ4n) is 1.34. The highest BCUT2D eigenvalue weighted by Gasteiger charge is 2.33. The molecule has 0 aliphatic rings. The van der Waals surface area contributed by atoms with Gasteiger partial charge in [-0.1, -0.05) is 0 Å². The van der Waals surface area contributed by atoms with E-state index >= 15 is 0 Å². The minimum absolute atomic E-state index is 0.0494. The molecule has 1 aromatic rings. The Balaban J connectivity index is 3.10. The lowest BCUT2D eigenvalue weighted by atomic mass is 10.2. The highest BCUT2D eigenvalue weighted by atomic mass is 35.5. The summed E-state index contributed by atoms with van der Waals surface area (Å²) in [5.41, 5.74) is -0.563. The van der Waals surface area contributed by atoms with E-state index in [-0.39, 0.29) is 18.2 Å². The van der Waals surface area contributed by atoms with Gasteiger partial charge in [-0.3, -0.25) is 9.78 Å². The fourth-order valence-corrected chi connectivity index (χ4v) is 1.48. The molecular weight excluding hydrogens is 306 g/mol. The molecule has 0 aliphatic carbocycles. The molecular formula is C11H10ClF4NO3. The fraction of sp³-hybridized carbons (Fsp3) is 0.455. The molecule has 1 heterocycles. The summed E-state index contributed by atoms with van der Waals surface area (Å²) >= 11 is 5.45. The number of halogens is 5. The Morgan fingerprint density at radius 1 is 1.45 bits per heavy atom. The standard InChI is InChI=1S/C11H10ClF4NO3/c1-2-19-9(18)4-7-10(13)8(20-11(14,15)16)3-6(5-12)17-7/h3H,2,4-5H2,1H3. The Kier molecular flexibility index (Phi) is 5.55. The zero-order chi connectivity index (χ0) is 15.3. The van der Waals surface area contributed by atoms with Crippen LogP contribution >= 0.6 is 11.6 Å². The summed E-state index contributed by atoms with van der Waals surface area (Å²) in [6.07, 6.45) is -5.68. The van der Waals surface area contributed by atoms with Crippen LogP contribution in [-0.4, -0.2) is 23.9 Å². The third-order valence-electron chi connectivity index (χ3n) is 2.03. The van der Waals surface area contributed by atoms with Crippen molar-refractivity contribution in [1.82, 2.24) is 4.98 Å². The second-order valence-electron chi connectivity index (χ2n) is 3.54. The zero-order valence-corrected chi connectivity index (χ0v) is 11.0. The van der Waals surface area contributed by atoms with E-state index in [0.29, 0.717) is 0 Å². The summed E-state index contributed by atoms with van der Waals surface area (Å²) in [6.45, 7) is 1.59. The van der Waals surface area contributed by atoms with Gasteiger partial charge in [0, 0.05) is 6.07 Å². The zero-order valence-electron chi connectivity index (χ0n) is 10.3. The number of carbonyl (C=O) groups excluding carboxylic acids is 1. The molecule has 0 N–H and O–H groups in total. The largest absolute Gasteiger partial charge is 0.573 e. The van der Waals surface area contributed by atoms with Crippen molar-refractivity contribution in [3.8, 4) is 5.75 Å². The lowest BCUT2D eigenvalue weighted by Gasteiger charge is -2.12. The predicted octanol–water partition coefficient (Wildman–Crippen LogP) is 2.96. The third kappa shape index (κ3) is 4.84. The molecule has 1 aromatic heterocycles. The van der Waals surface area contributed by atoms with Gasteiger partial charge in [-0.2, -0.15) is 0 Å². The Labute approximate surface area is 116 Å². The molecule has 0 spiro atoms. The molecule has 0 fully saturated rings. The van der Waals surface area contributed by atoms with E-state index in [2.05, 4.69) is 14.5 Å². The summed E-state index contributed by atoms with van der Waals surface area (Å²) in [6, 6.07) is 0.727. The Morgan fingerprint density at radius 3 is 2.60 bits per heavy atom. The minimum Gasteiger partial charge on any atom is -0.466 e. The van der Waals surface area contributed by atoms with E-state index in [1.54, 1.807) is 0 Å². The van der Waals surface area contributed by atoms with Gasteiger partial charge < -0.3 is 9.47 Å². The van der Waals surface area contributed by atoms with E-state index in [1.165, 1.54) is 6.92 Å². The van der Waals surface area contributed by atoms with Crippen molar-refractivity contribution < 1.29 is 31.8 Å². The van der Waals surface area contributed by atoms with Crippen molar-refractivity contribution in [3.63, 3.8) is 0 Å². The lowest BCUT2D eigenvalue weighted by molar-refractivity contribution is -0.275. The van der Waals surface area contributed by atoms with Crippen LogP contribution in [0.4, 0.5) is 17.6 Å². The molecule has 20 heavy (non-hydrogen) atoms. The van der Waals surface area contributed by atoms with Crippen LogP contribution in [0.15, 0.2) is 6.07 Å². The van der Waals surface area contributed by atoms with Crippen LogP contribution in [0, 0.1) is 5.82 Å². The first-order valence-electron chi connectivity index (χ1n) is 5.42. The van der Waals surface area contributed by atoms with Gasteiger partial charge in [-0.15, -0.1) is 24.8 Å². The number of hydrogen-bond acceptors (Lipinski definition) is 4. The molecule has 1 rings (SSSR count). The van der Waals surface area contributed by atoms with E-state index in [0.717, 1.165) is 6.07 Å². The minimum atomic E-state index is -5.06. The Morgan fingerprint density at radius 2 is 2.10 bits per heavy atom.